The van der Waals surface area contributed by atoms with Crippen molar-refractivity contribution in [2.45, 2.75) is 0 Å². The van der Waals surface area contributed by atoms with Gasteiger partial charge < -0.3 is 29.6 Å². The number of quaternary nitrogens is 2. The number of nitrogens with one attached hydrogen (secondary N) is 4. The summed E-state index contributed by atoms with van der Waals surface area (Å²) >= 11 is 0. The highest BCUT2D eigenvalue weighted by Crippen LogP contribution is 2.35. The number of aromatic nitrogens is 1. The molecule has 0 atom stereocenters. The molecule has 1 aliphatic heterocycles. The van der Waals surface area contributed by atoms with Crippen LogP contribution >= 0.6 is 0 Å². The van der Waals surface area contributed by atoms with E-state index in [1.807, 2.05) is 12.1 Å². The second-order valence-electron chi connectivity index (χ2n) is 6.68. The van der Waals surface area contributed by atoms with Crippen LogP contribution in [0.3, 0.4) is 0 Å². The van der Waals surface area contributed by atoms with E-state index in [9.17, 15) is 9.59 Å². The lowest BCUT2D eigenvalue weighted by molar-refractivity contribution is -0.999. The van der Waals surface area contributed by atoms with Gasteiger partial charge in [-0.3, -0.25) is 4.79 Å². The highest BCUT2D eigenvalue weighted by Gasteiger charge is 2.26. The fourth-order valence-electron chi connectivity index (χ4n) is 3.38. The standard InChI is InChI=1S/C18H24N4O4/c1-21-7-9-22(10-8-21)11-14(23)20-16-15-12(5-4-6-13(15)25-2)19-17(16)18(24)26-3/h4-6,19H,7-11H2,1-3H3,(H,20,23)/p+2. The van der Waals surface area contributed by atoms with Gasteiger partial charge in [0.25, 0.3) is 5.91 Å². The number of benzene rings is 1. The zero-order valence-electron chi connectivity index (χ0n) is 15.4. The predicted molar refractivity (Wildman–Crippen MR) is 97.0 cm³/mol. The van der Waals surface area contributed by atoms with Crippen LogP contribution in [-0.2, 0) is 9.53 Å². The summed E-state index contributed by atoms with van der Waals surface area (Å²) < 4.78 is 10.3. The van der Waals surface area contributed by atoms with Crippen LogP contribution in [0.5, 0.6) is 5.75 Å². The summed E-state index contributed by atoms with van der Waals surface area (Å²) in [7, 11) is 5.03. The number of hydrogen-bond acceptors (Lipinski definition) is 4. The van der Waals surface area contributed by atoms with Gasteiger partial charge in [-0.1, -0.05) is 6.07 Å². The first-order chi connectivity index (χ1) is 12.5. The molecule has 0 bridgehead atoms. The molecule has 2 heterocycles. The third-order valence-electron chi connectivity index (χ3n) is 4.88. The van der Waals surface area contributed by atoms with Gasteiger partial charge in [0.05, 0.1) is 37.9 Å². The third kappa shape index (κ3) is 3.66. The number of likely N-dealkylation sites (N-methyl/N-ethyl adjacent to an activating group) is 1. The molecule has 0 unspecified atom stereocenters. The average Bonchev–Trinajstić information content (AvgIpc) is 3.01. The molecule has 0 saturated carbocycles. The number of piperazine rings is 1. The second kappa shape index (κ2) is 7.76. The van der Waals surface area contributed by atoms with Crippen molar-refractivity contribution in [1.29, 1.82) is 0 Å². The minimum atomic E-state index is -0.533. The molecular formula is C18H26N4O4+2. The van der Waals surface area contributed by atoms with Crippen molar-refractivity contribution < 1.29 is 28.9 Å². The molecule has 140 valence electrons. The molecule has 8 nitrogen and oxygen atoms in total. The van der Waals surface area contributed by atoms with Gasteiger partial charge in [0.1, 0.15) is 37.6 Å². The topological polar surface area (TPSA) is 89.3 Å². The lowest BCUT2D eigenvalue weighted by Crippen LogP contribution is -3.27. The monoisotopic (exact) mass is 362 g/mol. The van der Waals surface area contributed by atoms with Gasteiger partial charge >= 0.3 is 5.97 Å². The Balaban J connectivity index is 1.87. The number of anilines is 1. The molecule has 8 heteroatoms. The Morgan fingerprint density at radius 3 is 2.58 bits per heavy atom. The molecule has 4 N–H and O–H groups in total. The smallest absolute Gasteiger partial charge is 0.356 e. The number of fused-ring (bicyclic) bond motifs is 1. The van der Waals surface area contributed by atoms with Gasteiger partial charge in [0.15, 0.2) is 6.54 Å². The van der Waals surface area contributed by atoms with Crippen molar-refractivity contribution in [1.82, 2.24) is 4.98 Å². The molecule has 2 aromatic rings. The molecule has 3 rings (SSSR count). The maximum absolute atomic E-state index is 12.6. The minimum absolute atomic E-state index is 0.128. The number of amides is 1. The van der Waals surface area contributed by atoms with E-state index in [0.29, 0.717) is 28.9 Å². The summed E-state index contributed by atoms with van der Waals surface area (Å²) in [6.45, 7) is 4.39. The average molecular weight is 362 g/mol. The van der Waals surface area contributed by atoms with E-state index in [1.54, 1.807) is 13.2 Å². The zero-order chi connectivity index (χ0) is 18.7. The van der Waals surface area contributed by atoms with Crippen LogP contribution in [-0.4, -0.2) is 70.9 Å². The largest absolute Gasteiger partial charge is 0.496 e. The van der Waals surface area contributed by atoms with E-state index < -0.39 is 5.97 Å². The van der Waals surface area contributed by atoms with E-state index in [2.05, 4.69) is 17.3 Å². The van der Waals surface area contributed by atoms with E-state index in [4.69, 9.17) is 9.47 Å². The maximum Gasteiger partial charge on any atom is 0.356 e. The van der Waals surface area contributed by atoms with Gasteiger partial charge in [-0.2, -0.15) is 0 Å². The number of H-pyrrole nitrogens is 1. The Kier molecular flexibility index (Phi) is 5.43. The highest BCUT2D eigenvalue weighted by atomic mass is 16.5. The van der Waals surface area contributed by atoms with Crippen LogP contribution in [0.1, 0.15) is 10.5 Å². The fraction of sp³-hybridized carbons (Fsp3) is 0.444. The van der Waals surface area contributed by atoms with Crippen molar-refractivity contribution in [3.8, 4) is 5.75 Å². The van der Waals surface area contributed by atoms with Gasteiger partial charge in [-0.05, 0) is 12.1 Å². The normalized spacial score (nSPS) is 20.0. The summed E-state index contributed by atoms with van der Waals surface area (Å²) in [4.78, 5) is 30.5. The van der Waals surface area contributed by atoms with Crippen LogP contribution in [0.25, 0.3) is 10.9 Å². The summed E-state index contributed by atoms with van der Waals surface area (Å²) in [5.74, 6) is -0.0784. The molecule has 0 aliphatic carbocycles. The number of ether oxygens (including phenoxy) is 2. The van der Waals surface area contributed by atoms with Gasteiger partial charge in [0.2, 0.25) is 0 Å². The SMILES string of the molecule is COC(=O)c1[nH]c2cccc(OC)c2c1NC(=O)C[NH+]1CC[NH+](C)CC1. The molecule has 1 amide bonds. The number of aromatic amines is 1. The van der Waals surface area contributed by atoms with Crippen LogP contribution < -0.4 is 19.9 Å². The van der Waals surface area contributed by atoms with Crippen LogP contribution in [0.4, 0.5) is 5.69 Å². The molecule has 1 aromatic heterocycles. The molecule has 1 aromatic carbocycles. The Morgan fingerprint density at radius 1 is 1.19 bits per heavy atom. The van der Waals surface area contributed by atoms with E-state index in [-0.39, 0.29) is 11.6 Å². The van der Waals surface area contributed by atoms with Crippen LogP contribution in [0.15, 0.2) is 18.2 Å². The fourth-order valence-corrected chi connectivity index (χ4v) is 3.38. The Labute approximate surface area is 152 Å². The molecule has 1 saturated heterocycles. The molecule has 0 spiro atoms. The van der Waals surface area contributed by atoms with E-state index in [0.717, 1.165) is 26.2 Å². The summed E-state index contributed by atoms with van der Waals surface area (Å²) in [6.07, 6.45) is 0. The summed E-state index contributed by atoms with van der Waals surface area (Å²) in [5.41, 5.74) is 1.34. The van der Waals surface area contributed by atoms with Gasteiger partial charge in [0, 0.05) is 0 Å². The first-order valence-corrected chi connectivity index (χ1v) is 8.75. The zero-order valence-corrected chi connectivity index (χ0v) is 15.4. The third-order valence-corrected chi connectivity index (χ3v) is 4.88. The highest BCUT2D eigenvalue weighted by molar-refractivity contribution is 6.13. The predicted octanol–water partition coefficient (Wildman–Crippen LogP) is -1.69. The van der Waals surface area contributed by atoms with Crippen molar-refractivity contribution in [3.63, 3.8) is 0 Å². The molecular weight excluding hydrogens is 336 g/mol. The summed E-state index contributed by atoms with van der Waals surface area (Å²) in [6, 6.07) is 5.44. The van der Waals surface area contributed by atoms with Crippen molar-refractivity contribution in [2.75, 3.05) is 59.3 Å². The number of carbonyl (C=O) groups excluding carboxylic acids is 2. The quantitative estimate of drug-likeness (QED) is 0.478. The van der Waals surface area contributed by atoms with Crippen LogP contribution in [0, 0.1) is 0 Å². The molecule has 1 aliphatic rings. The number of carbonyl (C=O) groups is 2. The maximum atomic E-state index is 12.6. The first kappa shape index (κ1) is 18.2. The molecule has 1 fully saturated rings. The van der Waals surface area contributed by atoms with E-state index in [1.165, 1.54) is 16.9 Å². The number of rotatable bonds is 5. The lowest BCUT2D eigenvalue weighted by atomic mass is 10.2. The summed E-state index contributed by atoms with van der Waals surface area (Å²) in [5, 5.41) is 3.57. The van der Waals surface area contributed by atoms with E-state index >= 15 is 0 Å². The van der Waals surface area contributed by atoms with Crippen LogP contribution in [0.2, 0.25) is 0 Å². The van der Waals surface area contributed by atoms with Gasteiger partial charge in [-0.15, -0.1) is 0 Å². The molecule has 0 radical (unpaired) electrons. The lowest BCUT2D eigenvalue weighted by Gasteiger charge is -2.26. The van der Waals surface area contributed by atoms with Crippen molar-refractivity contribution in [3.05, 3.63) is 23.9 Å². The Hall–Kier alpha value is -2.58. The van der Waals surface area contributed by atoms with Gasteiger partial charge in [-0.25, -0.2) is 4.79 Å². The number of methoxy groups -OCH3 is 2. The van der Waals surface area contributed by atoms with Crippen molar-refractivity contribution in [2.24, 2.45) is 0 Å². The first-order valence-electron chi connectivity index (χ1n) is 8.75. The Bertz CT molecular complexity index is 809. The number of esters is 1. The minimum Gasteiger partial charge on any atom is -0.496 e. The Morgan fingerprint density at radius 2 is 1.92 bits per heavy atom. The second-order valence-corrected chi connectivity index (χ2v) is 6.68. The molecule has 26 heavy (non-hydrogen) atoms. The number of hydrogen-bond donors (Lipinski definition) is 4. The van der Waals surface area contributed by atoms with Crippen molar-refractivity contribution >= 4 is 28.5 Å².